The van der Waals surface area contributed by atoms with E-state index in [9.17, 15) is 18.3 Å². The topological polar surface area (TPSA) is 70.9 Å². The van der Waals surface area contributed by atoms with Crippen LogP contribution in [0, 0.1) is 0 Å². The average Bonchev–Trinajstić information content (AvgIpc) is 2.79. The number of alkyl halides is 3. The van der Waals surface area contributed by atoms with Crippen LogP contribution < -0.4 is 5.32 Å². The number of halogens is 4. The number of rotatable bonds is 5. The summed E-state index contributed by atoms with van der Waals surface area (Å²) in [6, 6.07) is 10.2. The van der Waals surface area contributed by atoms with Crippen LogP contribution in [0.3, 0.4) is 0 Å². The van der Waals surface area contributed by atoms with Gasteiger partial charge in [-0.15, -0.1) is 0 Å². The lowest BCUT2D eigenvalue weighted by Gasteiger charge is -2.22. The molecule has 1 unspecified atom stereocenters. The lowest BCUT2D eigenvalue weighted by Crippen LogP contribution is -2.19. The van der Waals surface area contributed by atoms with Crippen LogP contribution in [-0.4, -0.2) is 20.1 Å². The van der Waals surface area contributed by atoms with E-state index in [1.807, 2.05) is 12.1 Å². The number of fused-ring (bicyclic) bond motifs is 1. The van der Waals surface area contributed by atoms with Crippen LogP contribution in [0.25, 0.3) is 22.0 Å². The monoisotopic (exact) mass is 486 g/mol. The molecule has 0 radical (unpaired) electrons. The second kappa shape index (κ2) is 8.85. The molecule has 4 aromatic rings. The number of pyridine rings is 1. The first-order valence-corrected chi connectivity index (χ1v) is 10.9. The highest BCUT2D eigenvalue weighted by atomic mass is 35.5. The van der Waals surface area contributed by atoms with Crippen molar-refractivity contribution in [1.29, 1.82) is 0 Å². The molecule has 1 atom stereocenters. The van der Waals surface area contributed by atoms with Gasteiger partial charge in [0.15, 0.2) is 5.82 Å². The minimum atomic E-state index is -4.47. The highest BCUT2D eigenvalue weighted by Gasteiger charge is 2.34. The fourth-order valence-electron chi connectivity index (χ4n) is 3.71. The number of nitrogens with one attached hydrogen (secondary N) is 1. The van der Waals surface area contributed by atoms with E-state index in [1.54, 1.807) is 45.3 Å². The summed E-state index contributed by atoms with van der Waals surface area (Å²) in [6.45, 7) is 4.85. The molecule has 0 saturated heterocycles. The van der Waals surface area contributed by atoms with Crippen LogP contribution in [0.15, 0.2) is 61.1 Å². The molecule has 0 saturated carbocycles. The molecule has 0 bridgehead atoms. The van der Waals surface area contributed by atoms with Gasteiger partial charge in [-0.3, -0.25) is 4.98 Å². The van der Waals surface area contributed by atoms with E-state index in [0.29, 0.717) is 28.0 Å². The Morgan fingerprint density at radius 3 is 2.26 bits per heavy atom. The Kier molecular flexibility index (Phi) is 6.22. The Balaban J connectivity index is 1.75. The third kappa shape index (κ3) is 4.83. The molecular formula is C25H22ClF3N4O. The number of aliphatic hydroxyl groups is 1. The highest BCUT2D eigenvalue weighted by molar-refractivity contribution is 6.34. The van der Waals surface area contributed by atoms with E-state index in [2.05, 4.69) is 20.3 Å². The van der Waals surface area contributed by atoms with Crippen LogP contribution in [0.2, 0.25) is 5.02 Å². The summed E-state index contributed by atoms with van der Waals surface area (Å²) in [5, 5.41) is 14.2. The minimum absolute atomic E-state index is 0.114. The van der Waals surface area contributed by atoms with Gasteiger partial charge in [0.25, 0.3) is 0 Å². The van der Waals surface area contributed by atoms with Crippen molar-refractivity contribution in [1.82, 2.24) is 15.0 Å². The summed E-state index contributed by atoms with van der Waals surface area (Å²) in [6.07, 6.45) is 0.206. The van der Waals surface area contributed by atoms with Gasteiger partial charge < -0.3 is 10.4 Å². The largest absolute Gasteiger partial charge is 0.416 e. The predicted octanol–water partition coefficient (Wildman–Crippen LogP) is 6.76. The lowest BCUT2D eigenvalue weighted by molar-refractivity contribution is -0.138. The van der Waals surface area contributed by atoms with Crippen molar-refractivity contribution < 1.29 is 18.3 Å². The second-order valence-electron chi connectivity index (χ2n) is 8.52. The van der Waals surface area contributed by atoms with Gasteiger partial charge in [0, 0.05) is 35.6 Å². The quantitative estimate of drug-likeness (QED) is 0.326. The number of nitrogens with zero attached hydrogens (tertiary/aromatic N) is 3. The first kappa shape index (κ1) is 23.9. The van der Waals surface area contributed by atoms with Gasteiger partial charge in [-0.2, -0.15) is 13.2 Å². The van der Waals surface area contributed by atoms with Gasteiger partial charge in [-0.25, -0.2) is 9.97 Å². The standard InChI is InChI=1S/C25H22ClF3N4O/c1-14(17-6-4-5-7-19(17)25(27,28)29)33-22-18-10-15(8-9-21(18)30-13-20(22)26)16-11-31-23(32-12-16)24(2,3)34/h4-14,34H,1-3H3,(H,30,33). The Labute approximate surface area is 199 Å². The van der Waals surface area contributed by atoms with Crippen LogP contribution in [0.5, 0.6) is 0 Å². The molecule has 9 heteroatoms. The van der Waals surface area contributed by atoms with Gasteiger partial charge in [0.05, 0.1) is 21.8 Å². The van der Waals surface area contributed by atoms with E-state index in [4.69, 9.17) is 11.6 Å². The molecular weight excluding hydrogens is 465 g/mol. The predicted molar refractivity (Wildman–Crippen MR) is 127 cm³/mol. The number of benzene rings is 2. The van der Waals surface area contributed by atoms with E-state index in [1.165, 1.54) is 18.3 Å². The molecule has 0 fully saturated rings. The molecule has 0 aliphatic heterocycles. The molecule has 4 rings (SSSR count). The maximum absolute atomic E-state index is 13.5. The van der Waals surface area contributed by atoms with Crippen molar-refractivity contribution in [3.63, 3.8) is 0 Å². The number of anilines is 1. The van der Waals surface area contributed by atoms with Crippen LogP contribution in [0.1, 0.15) is 43.8 Å². The van der Waals surface area contributed by atoms with Gasteiger partial charge >= 0.3 is 6.18 Å². The smallest absolute Gasteiger partial charge is 0.382 e. The zero-order valence-electron chi connectivity index (χ0n) is 18.7. The molecule has 5 nitrogen and oxygen atoms in total. The van der Waals surface area contributed by atoms with E-state index in [0.717, 1.165) is 11.6 Å². The van der Waals surface area contributed by atoms with E-state index in [-0.39, 0.29) is 10.6 Å². The summed E-state index contributed by atoms with van der Waals surface area (Å²) in [4.78, 5) is 12.8. The maximum atomic E-state index is 13.5. The second-order valence-corrected chi connectivity index (χ2v) is 8.93. The van der Waals surface area contributed by atoms with Gasteiger partial charge in [-0.05, 0) is 50.1 Å². The summed E-state index contributed by atoms with van der Waals surface area (Å²) in [5.74, 6) is 0.293. The first-order chi connectivity index (χ1) is 15.9. The first-order valence-electron chi connectivity index (χ1n) is 10.5. The number of hydrogen-bond acceptors (Lipinski definition) is 5. The summed E-state index contributed by atoms with van der Waals surface area (Å²) in [5.41, 5.74) is 0.825. The summed E-state index contributed by atoms with van der Waals surface area (Å²) in [7, 11) is 0. The van der Waals surface area contributed by atoms with Crippen LogP contribution >= 0.6 is 11.6 Å². The van der Waals surface area contributed by atoms with E-state index < -0.39 is 23.4 Å². The zero-order chi connectivity index (χ0) is 24.7. The SMILES string of the molecule is CC(Nc1c(Cl)cnc2ccc(-c3cnc(C(C)(C)O)nc3)cc12)c1ccccc1C(F)(F)F. The Hall–Kier alpha value is -3.23. The molecule has 2 N–H and O–H groups in total. The lowest BCUT2D eigenvalue weighted by atomic mass is 10.00. The van der Waals surface area contributed by atoms with Crippen molar-refractivity contribution >= 4 is 28.2 Å². The fraction of sp³-hybridized carbons (Fsp3) is 0.240. The van der Waals surface area contributed by atoms with Crippen molar-refractivity contribution in [2.24, 2.45) is 0 Å². The minimum Gasteiger partial charge on any atom is -0.382 e. The molecule has 2 aromatic heterocycles. The normalized spacial score (nSPS) is 13.2. The highest BCUT2D eigenvalue weighted by Crippen LogP contribution is 2.38. The molecule has 34 heavy (non-hydrogen) atoms. The number of hydrogen-bond donors (Lipinski definition) is 2. The van der Waals surface area contributed by atoms with Gasteiger partial charge in [0.2, 0.25) is 0 Å². The summed E-state index contributed by atoms with van der Waals surface area (Å²) < 4.78 is 40.6. The Bertz CT molecular complexity index is 1340. The van der Waals surface area contributed by atoms with Crippen molar-refractivity contribution in [2.45, 2.75) is 38.6 Å². The van der Waals surface area contributed by atoms with Gasteiger partial charge in [-0.1, -0.05) is 35.9 Å². The molecule has 2 aromatic carbocycles. The molecule has 0 spiro atoms. The third-order valence-corrected chi connectivity index (χ3v) is 5.73. The number of aromatic nitrogens is 3. The van der Waals surface area contributed by atoms with Crippen LogP contribution in [0.4, 0.5) is 18.9 Å². The van der Waals surface area contributed by atoms with Crippen molar-refractivity contribution in [3.8, 4) is 11.1 Å². The fourth-order valence-corrected chi connectivity index (χ4v) is 3.92. The molecule has 0 aliphatic carbocycles. The zero-order valence-corrected chi connectivity index (χ0v) is 19.4. The van der Waals surface area contributed by atoms with Gasteiger partial charge in [0.1, 0.15) is 5.60 Å². The Morgan fingerprint density at radius 1 is 0.941 bits per heavy atom. The van der Waals surface area contributed by atoms with Crippen molar-refractivity contribution in [2.75, 3.05) is 5.32 Å². The molecule has 0 amide bonds. The van der Waals surface area contributed by atoms with Crippen LogP contribution in [-0.2, 0) is 11.8 Å². The average molecular weight is 487 g/mol. The molecule has 176 valence electrons. The van der Waals surface area contributed by atoms with E-state index >= 15 is 0 Å². The molecule has 2 heterocycles. The third-order valence-electron chi connectivity index (χ3n) is 5.45. The Morgan fingerprint density at radius 2 is 1.62 bits per heavy atom. The molecule has 0 aliphatic rings. The maximum Gasteiger partial charge on any atom is 0.416 e. The summed E-state index contributed by atoms with van der Waals surface area (Å²) >= 11 is 6.43. The van der Waals surface area contributed by atoms with Crippen molar-refractivity contribution in [3.05, 3.63) is 83.0 Å².